The van der Waals surface area contributed by atoms with Gasteiger partial charge in [-0.05, 0) is 58.3 Å². The zero-order valence-electron chi connectivity index (χ0n) is 12.4. The van der Waals surface area contributed by atoms with Gasteiger partial charge in [0, 0.05) is 11.0 Å². The van der Waals surface area contributed by atoms with Gasteiger partial charge in [0.15, 0.2) is 5.11 Å². The van der Waals surface area contributed by atoms with Crippen molar-refractivity contribution in [2.45, 2.75) is 18.4 Å². The number of nitrogens with one attached hydrogen (secondary N) is 1. The molecule has 0 atom stereocenters. The Balaban J connectivity index is 0.000000231. The molecule has 0 aliphatic rings. The van der Waals surface area contributed by atoms with Crippen LogP contribution in [0.4, 0.5) is 0 Å². The molecule has 8 heteroatoms. The maximum Gasteiger partial charge on any atom is 0.295 e. The lowest BCUT2D eigenvalue weighted by Gasteiger charge is -2.02. The lowest BCUT2D eigenvalue weighted by Crippen LogP contribution is -2.28. The summed E-state index contributed by atoms with van der Waals surface area (Å²) >= 11 is 7.69. The number of thiocarbonyl (C=S) groups is 1. The molecule has 0 radical (unpaired) electrons. The van der Waals surface area contributed by atoms with E-state index in [0.717, 1.165) is 5.56 Å². The van der Waals surface area contributed by atoms with Crippen LogP contribution in [-0.4, -0.2) is 18.1 Å². The average Bonchev–Trinajstić information content (AvgIpc) is 2.48. The number of rotatable bonds is 3. The summed E-state index contributed by atoms with van der Waals surface area (Å²) in [4.78, 5) is -0.0949. The van der Waals surface area contributed by atoms with Crippen LogP contribution < -0.4 is 11.1 Å². The highest BCUT2D eigenvalue weighted by molar-refractivity contribution is 9.10. The molecule has 23 heavy (non-hydrogen) atoms. The van der Waals surface area contributed by atoms with Crippen LogP contribution in [0, 0.1) is 6.92 Å². The van der Waals surface area contributed by atoms with Crippen LogP contribution in [0.25, 0.3) is 0 Å². The summed E-state index contributed by atoms with van der Waals surface area (Å²) < 4.78 is 30.6. The van der Waals surface area contributed by atoms with Crippen LogP contribution in [0.1, 0.15) is 11.1 Å². The number of nitrogens with two attached hydrogens (primary N) is 1. The van der Waals surface area contributed by atoms with Crippen molar-refractivity contribution >= 4 is 43.4 Å². The van der Waals surface area contributed by atoms with E-state index in [-0.39, 0.29) is 4.90 Å². The smallest absolute Gasteiger partial charge is 0.295 e. The number of halogens is 1. The number of hydrogen-bond donors (Lipinski definition) is 3. The molecule has 0 aliphatic heterocycles. The van der Waals surface area contributed by atoms with Crippen LogP contribution in [0.15, 0.2) is 57.9 Å². The summed E-state index contributed by atoms with van der Waals surface area (Å²) in [5.74, 6) is 0. The van der Waals surface area contributed by atoms with E-state index in [0.29, 0.717) is 16.1 Å². The highest BCUT2D eigenvalue weighted by Crippen LogP contribution is 2.22. The van der Waals surface area contributed by atoms with Gasteiger partial charge in [-0.2, -0.15) is 8.42 Å². The van der Waals surface area contributed by atoms with Crippen molar-refractivity contribution in [3.05, 3.63) is 64.1 Å². The van der Waals surface area contributed by atoms with Gasteiger partial charge in [0.25, 0.3) is 10.1 Å². The first-order valence-electron chi connectivity index (χ1n) is 6.51. The molecule has 0 saturated carbocycles. The Morgan fingerprint density at radius 3 is 2.35 bits per heavy atom. The second-order valence-electron chi connectivity index (χ2n) is 4.61. The largest absolute Gasteiger partial charge is 0.376 e. The molecule has 0 fully saturated rings. The Morgan fingerprint density at radius 1 is 1.26 bits per heavy atom. The summed E-state index contributed by atoms with van der Waals surface area (Å²) in [7, 11) is -4.10. The first-order valence-corrected chi connectivity index (χ1v) is 9.15. The van der Waals surface area contributed by atoms with E-state index >= 15 is 0 Å². The molecule has 0 aliphatic carbocycles. The Morgan fingerprint density at radius 2 is 1.87 bits per heavy atom. The van der Waals surface area contributed by atoms with E-state index in [9.17, 15) is 8.42 Å². The fourth-order valence-corrected chi connectivity index (χ4v) is 3.18. The maximum atomic E-state index is 10.7. The van der Waals surface area contributed by atoms with Crippen molar-refractivity contribution in [1.82, 2.24) is 5.32 Å². The lowest BCUT2D eigenvalue weighted by molar-refractivity contribution is 0.482. The molecule has 0 amide bonds. The van der Waals surface area contributed by atoms with E-state index in [1.165, 1.54) is 11.6 Å². The van der Waals surface area contributed by atoms with Gasteiger partial charge in [0.05, 0.1) is 0 Å². The quantitative estimate of drug-likeness (QED) is 0.525. The fraction of sp³-hybridized carbons (Fsp3) is 0.133. The van der Waals surface area contributed by atoms with Crippen LogP contribution in [0.2, 0.25) is 0 Å². The molecule has 2 aromatic carbocycles. The Bertz CT molecular complexity index is 766. The van der Waals surface area contributed by atoms with E-state index in [1.807, 2.05) is 30.3 Å². The van der Waals surface area contributed by atoms with Crippen molar-refractivity contribution in [1.29, 1.82) is 0 Å². The molecule has 0 unspecified atom stereocenters. The van der Waals surface area contributed by atoms with Gasteiger partial charge < -0.3 is 11.1 Å². The van der Waals surface area contributed by atoms with Gasteiger partial charge >= 0.3 is 0 Å². The number of hydrogen-bond acceptors (Lipinski definition) is 3. The molecule has 0 bridgehead atoms. The Kier molecular flexibility index (Phi) is 7.63. The average molecular weight is 417 g/mol. The SMILES string of the molecule is Cc1ccc(Br)c(S(=O)(=O)O)c1.NC(=S)NCc1ccccc1. The minimum absolute atomic E-state index is 0.0949. The van der Waals surface area contributed by atoms with E-state index in [4.69, 9.17) is 10.3 Å². The fourth-order valence-electron chi connectivity index (χ4n) is 1.59. The second kappa shape index (κ2) is 8.97. The Hall–Kier alpha value is -1.48. The first kappa shape index (κ1) is 19.6. The van der Waals surface area contributed by atoms with Crippen molar-refractivity contribution in [2.75, 3.05) is 0 Å². The monoisotopic (exact) mass is 416 g/mol. The standard InChI is InChI=1S/C8H10N2S.C7H7BrO3S/c9-8(11)10-6-7-4-2-1-3-5-7;1-5-2-3-6(8)7(4-5)12(9,10)11/h1-5H,6H2,(H3,9,10,11);2-4H,1H3,(H,9,10,11). The molecule has 0 spiro atoms. The van der Waals surface area contributed by atoms with Gasteiger partial charge in [0.2, 0.25) is 0 Å². The highest BCUT2D eigenvalue weighted by atomic mass is 79.9. The van der Waals surface area contributed by atoms with Crippen molar-refractivity contribution < 1.29 is 13.0 Å². The molecule has 2 aromatic rings. The van der Waals surface area contributed by atoms with E-state index in [2.05, 4.69) is 33.5 Å². The third-order valence-electron chi connectivity index (χ3n) is 2.67. The second-order valence-corrected chi connectivity index (χ2v) is 7.30. The molecular weight excluding hydrogens is 400 g/mol. The number of benzene rings is 2. The topological polar surface area (TPSA) is 92.4 Å². The van der Waals surface area contributed by atoms with Gasteiger partial charge in [-0.3, -0.25) is 4.55 Å². The van der Waals surface area contributed by atoms with Gasteiger partial charge in [-0.1, -0.05) is 36.4 Å². The molecule has 2 rings (SSSR count). The van der Waals surface area contributed by atoms with Gasteiger partial charge in [0.1, 0.15) is 4.90 Å². The normalized spacial score (nSPS) is 10.4. The summed E-state index contributed by atoms with van der Waals surface area (Å²) in [6.45, 7) is 2.46. The third kappa shape index (κ3) is 7.56. The summed E-state index contributed by atoms with van der Waals surface area (Å²) in [5.41, 5.74) is 7.22. The molecule has 124 valence electrons. The summed E-state index contributed by atoms with van der Waals surface area (Å²) in [6, 6.07) is 14.7. The van der Waals surface area contributed by atoms with Crippen molar-refractivity contribution in [2.24, 2.45) is 5.73 Å². The van der Waals surface area contributed by atoms with Crippen molar-refractivity contribution in [3.63, 3.8) is 0 Å². The Labute approximate surface area is 149 Å². The maximum absolute atomic E-state index is 10.7. The molecule has 5 nitrogen and oxygen atoms in total. The van der Waals surface area contributed by atoms with Crippen molar-refractivity contribution in [3.8, 4) is 0 Å². The minimum Gasteiger partial charge on any atom is -0.376 e. The first-order chi connectivity index (χ1) is 10.7. The number of aryl methyl sites for hydroxylation is 1. The van der Waals surface area contributed by atoms with Gasteiger partial charge in [-0.25, -0.2) is 0 Å². The molecular formula is C15H17BrN2O3S2. The summed E-state index contributed by atoms with van der Waals surface area (Å²) in [5, 5.41) is 3.21. The molecule has 0 heterocycles. The summed E-state index contributed by atoms with van der Waals surface area (Å²) in [6.07, 6.45) is 0. The van der Waals surface area contributed by atoms with E-state index < -0.39 is 10.1 Å². The van der Waals surface area contributed by atoms with Gasteiger partial charge in [-0.15, -0.1) is 0 Å². The third-order valence-corrected chi connectivity index (χ3v) is 4.67. The molecule has 0 aromatic heterocycles. The van der Waals surface area contributed by atoms with Crippen LogP contribution in [0.3, 0.4) is 0 Å². The minimum atomic E-state index is -4.10. The van der Waals surface area contributed by atoms with E-state index in [1.54, 1.807) is 19.1 Å². The van der Waals surface area contributed by atoms with Crippen LogP contribution in [0.5, 0.6) is 0 Å². The molecule has 0 saturated heterocycles. The zero-order valence-corrected chi connectivity index (χ0v) is 15.6. The van der Waals surface area contributed by atoms with Crippen LogP contribution >= 0.6 is 28.1 Å². The molecule has 4 N–H and O–H groups in total. The predicted octanol–water partition coefficient (Wildman–Crippen LogP) is 3.02. The highest BCUT2D eigenvalue weighted by Gasteiger charge is 2.13. The zero-order chi connectivity index (χ0) is 17.5. The van der Waals surface area contributed by atoms with Crippen LogP contribution in [-0.2, 0) is 16.7 Å². The predicted molar refractivity (Wildman–Crippen MR) is 98.8 cm³/mol. The lowest BCUT2D eigenvalue weighted by atomic mass is 10.2.